The monoisotopic (exact) mass is 295 g/mol. The Labute approximate surface area is 127 Å². The van der Waals surface area contributed by atoms with Crippen molar-refractivity contribution in [1.29, 1.82) is 0 Å². The van der Waals surface area contributed by atoms with Gasteiger partial charge < -0.3 is 16.0 Å². The van der Waals surface area contributed by atoms with Crippen molar-refractivity contribution in [2.24, 2.45) is 11.7 Å². The predicted octanol–water partition coefficient (Wildman–Crippen LogP) is 2.39. The van der Waals surface area contributed by atoms with Gasteiger partial charge in [-0.3, -0.25) is 4.79 Å². The third-order valence-electron chi connectivity index (χ3n) is 4.99. The van der Waals surface area contributed by atoms with E-state index in [9.17, 15) is 9.59 Å². The Morgan fingerprint density at radius 1 is 1.24 bits per heavy atom. The van der Waals surface area contributed by atoms with Gasteiger partial charge in [0.15, 0.2) is 0 Å². The zero-order valence-corrected chi connectivity index (χ0v) is 13.1. The molecule has 3 unspecified atom stereocenters. The smallest absolute Gasteiger partial charge is 0.312 e. The summed E-state index contributed by atoms with van der Waals surface area (Å²) in [5.74, 6) is 0.746. The summed E-state index contributed by atoms with van der Waals surface area (Å²) in [6, 6.07) is -0.649. The highest BCUT2D eigenvalue weighted by atomic mass is 16.2. The van der Waals surface area contributed by atoms with Crippen molar-refractivity contribution in [3.05, 3.63) is 0 Å². The number of amides is 3. The average Bonchev–Trinajstić information content (AvgIpc) is 2.50. The standard InChI is InChI=1S/C16H29N3O2/c1-2-3-9-13(18-16(17)21)15(20)19-11-6-8-12-7-4-5-10-14(12)19/h12-14H,2-11H2,1H3,(H3,17,18,21). The minimum Gasteiger partial charge on any atom is -0.352 e. The average molecular weight is 295 g/mol. The van der Waals surface area contributed by atoms with Crippen molar-refractivity contribution in [2.75, 3.05) is 6.54 Å². The first-order chi connectivity index (χ1) is 10.1. The third kappa shape index (κ3) is 4.11. The second-order valence-corrected chi connectivity index (χ2v) is 6.49. The Morgan fingerprint density at radius 2 is 1.95 bits per heavy atom. The van der Waals surface area contributed by atoms with E-state index in [2.05, 4.69) is 12.2 Å². The molecule has 0 aromatic rings. The molecular formula is C16H29N3O2. The van der Waals surface area contributed by atoms with E-state index in [4.69, 9.17) is 5.73 Å². The van der Waals surface area contributed by atoms with E-state index in [0.29, 0.717) is 18.4 Å². The summed E-state index contributed by atoms with van der Waals surface area (Å²) in [4.78, 5) is 26.1. The number of rotatable bonds is 5. The minimum atomic E-state index is -0.596. The van der Waals surface area contributed by atoms with Crippen molar-refractivity contribution in [1.82, 2.24) is 10.2 Å². The Hall–Kier alpha value is -1.26. The van der Waals surface area contributed by atoms with Gasteiger partial charge in [0, 0.05) is 12.6 Å². The zero-order valence-electron chi connectivity index (χ0n) is 13.1. The van der Waals surface area contributed by atoms with Gasteiger partial charge >= 0.3 is 6.03 Å². The van der Waals surface area contributed by atoms with Crippen LogP contribution in [-0.2, 0) is 4.79 Å². The number of nitrogens with zero attached hydrogens (tertiary/aromatic N) is 1. The third-order valence-corrected chi connectivity index (χ3v) is 4.99. The SMILES string of the molecule is CCCCC(NC(N)=O)C(=O)N1CCCC2CCCCC21. The van der Waals surface area contributed by atoms with Crippen molar-refractivity contribution in [2.45, 2.75) is 76.8 Å². The fourth-order valence-electron chi connectivity index (χ4n) is 3.94. The number of unbranched alkanes of at least 4 members (excludes halogenated alkanes) is 1. The van der Waals surface area contributed by atoms with Crippen molar-refractivity contribution >= 4 is 11.9 Å². The highest BCUT2D eigenvalue weighted by Gasteiger charge is 2.37. The molecule has 3 amide bonds. The Morgan fingerprint density at radius 3 is 2.67 bits per heavy atom. The maximum Gasteiger partial charge on any atom is 0.312 e. The predicted molar refractivity (Wildman–Crippen MR) is 82.7 cm³/mol. The van der Waals surface area contributed by atoms with E-state index >= 15 is 0 Å². The fraction of sp³-hybridized carbons (Fsp3) is 0.875. The first-order valence-electron chi connectivity index (χ1n) is 8.50. The van der Waals surface area contributed by atoms with Gasteiger partial charge in [-0.1, -0.05) is 32.6 Å². The topological polar surface area (TPSA) is 75.4 Å². The fourth-order valence-corrected chi connectivity index (χ4v) is 3.94. The van der Waals surface area contributed by atoms with E-state index in [1.807, 2.05) is 4.90 Å². The molecule has 1 saturated carbocycles. The number of urea groups is 1. The number of nitrogens with one attached hydrogen (secondary N) is 1. The molecule has 5 nitrogen and oxygen atoms in total. The highest BCUT2D eigenvalue weighted by Crippen LogP contribution is 2.35. The molecule has 1 saturated heterocycles. The number of primary amides is 1. The molecule has 2 aliphatic rings. The number of nitrogens with two attached hydrogens (primary N) is 1. The van der Waals surface area contributed by atoms with Gasteiger partial charge in [0.05, 0.1) is 0 Å². The second-order valence-electron chi connectivity index (χ2n) is 6.49. The van der Waals surface area contributed by atoms with Crippen LogP contribution < -0.4 is 11.1 Å². The van der Waals surface area contributed by atoms with E-state index in [1.165, 1.54) is 25.7 Å². The van der Waals surface area contributed by atoms with Gasteiger partial charge in [0.1, 0.15) is 6.04 Å². The molecule has 3 N–H and O–H groups in total. The molecule has 2 rings (SSSR count). The van der Waals surface area contributed by atoms with Crippen LogP contribution in [0.5, 0.6) is 0 Å². The van der Waals surface area contributed by atoms with Gasteiger partial charge in [-0.2, -0.15) is 0 Å². The Kier molecular flexibility index (Phi) is 5.88. The summed E-state index contributed by atoms with van der Waals surface area (Å²) >= 11 is 0. The molecule has 1 aliphatic carbocycles. The van der Waals surface area contributed by atoms with E-state index in [-0.39, 0.29) is 5.91 Å². The summed E-state index contributed by atoms with van der Waals surface area (Å²) in [5, 5.41) is 2.65. The second kappa shape index (κ2) is 7.66. The molecular weight excluding hydrogens is 266 g/mol. The summed E-state index contributed by atoms with van der Waals surface area (Å²) in [5.41, 5.74) is 5.24. The van der Waals surface area contributed by atoms with Crippen LogP contribution in [-0.4, -0.2) is 35.5 Å². The summed E-state index contributed by atoms with van der Waals surface area (Å²) in [6.07, 6.45) is 9.84. The number of hydrogen-bond donors (Lipinski definition) is 2. The summed E-state index contributed by atoms with van der Waals surface area (Å²) < 4.78 is 0. The van der Waals surface area contributed by atoms with Crippen LogP contribution in [0, 0.1) is 5.92 Å². The van der Waals surface area contributed by atoms with Gasteiger partial charge in [-0.05, 0) is 38.0 Å². The van der Waals surface area contributed by atoms with Crippen LogP contribution in [0.25, 0.3) is 0 Å². The molecule has 0 spiro atoms. The van der Waals surface area contributed by atoms with Crippen LogP contribution in [0.1, 0.15) is 64.7 Å². The van der Waals surface area contributed by atoms with E-state index < -0.39 is 12.1 Å². The van der Waals surface area contributed by atoms with Crippen LogP contribution in [0.15, 0.2) is 0 Å². The van der Waals surface area contributed by atoms with Gasteiger partial charge in [-0.25, -0.2) is 4.79 Å². The van der Waals surface area contributed by atoms with Crippen molar-refractivity contribution in [3.8, 4) is 0 Å². The molecule has 120 valence electrons. The number of fused-ring (bicyclic) bond motifs is 1. The Balaban J connectivity index is 2.04. The molecule has 5 heteroatoms. The van der Waals surface area contributed by atoms with Crippen LogP contribution in [0.4, 0.5) is 4.79 Å². The number of piperidine rings is 1. The lowest BCUT2D eigenvalue weighted by Crippen LogP contribution is -2.56. The molecule has 0 bridgehead atoms. The van der Waals surface area contributed by atoms with Crippen LogP contribution >= 0.6 is 0 Å². The molecule has 0 radical (unpaired) electrons. The summed E-state index contributed by atoms with van der Waals surface area (Å²) in [6.45, 7) is 2.92. The molecule has 0 aromatic carbocycles. The maximum atomic E-state index is 12.9. The van der Waals surface area contributed by atoms with Gasteiger partial charge in [0.25, 0.3) is 0 Å². The van der Waals surface area contributed by atoms with E-state index in [0.717, 1.165) is 32.2 Å². The highest BCUT2D eigenvalue weighted by molar-refractivity contribution is 5.86. The lowest BCUT2D eigenvalue weighted by Gasteiger charge is -2.45. The number of carbonyl (C=O) groups excluding carboxylic acids is 2. The molecule has 1 heterocycles. The van der Waals surface area contributed by atoms with Gasteiger partial charge in [-0.15, -0.1) is 0 Å². The molecule has 21 heavy (non-hydrogen) atoms. The van der Waals surface area contributed by atoms with Crippen molar-refractivity contribution in [3.63, 3.8) is 0 Å². The lowest BCUT2D eigenvalue weighted by molar-refractivity contribution is -0.139. The number of carbonyl (C=O) groups is 2. The molecule has 3 atom stereocenters. The first kappa shape index (κ1) is 16.1. The normalized spacial score (nSPS) is 26.8. The number of hydrogen-bond acceptors (Lipinski definition) is 2. The van der Waals surface area contributed by atoms with Crippen LogP contribution in [0.2, 0.25) is 0 Å². The summed E-state index contributed by atoms with van der Waals surface area (Å²) in [7, 11) is 0. The molecule has 0 aromatic heterocycles. The van der Waals surface area contributed by atoms with E-state index in [1.54, 1.807) is 0 Å². The lowest BCUT2D eigenvalue weighted by atomic mass is 9.78. The first-order valence-corrected chi connectivity index (χ1v) is 8.50. The zero-order chi connectivity index (χ0) is 15.2. The maximum absolute atomic E-state index is 12.9. The largest absolute Gasteiger partial charge is 0.352 e. The van der Waals surface area contributed by atoms with Crippen molar-refractivity contribution < 1.29 is 9.59 Å². The quantitative estimate of drug-likeness (QED) is 0.817. The Bertz CT molecular complexity index is 371. The minimum absolute atomic E-state index is 0.0823. The van der Waals surface area contributed by atoms with Crippen LogP contribution in [0.3, 0.4) is 0 Å². The molecule has 2 fully saturated rings. The number of likely N-dealkylation sites (tertiary alicyclic amines) is 1. The molecule has 1 aliphatic heterocycles. The van der Waals surface area contributed by atoms with Gasteiger partial charge in [0.2, 0.25) is 5.91 Å².